The molecule has 63 heavy (non-hydrogen) atoms. The van der Waals surface area contributed by atoms with E-state index in [0.717, 1.165) is 88.8 Å². The molecule has 0 radical (unpaired) electrons. The van der Waals surface area contributed by atoms with Crippen LogP contribution >= 0.6 is 0 Å². The molecule has 0 saturated carbocycles. The van der Waals surface area contributed by atoms with Gasteiger partial charge < -0.3 is 13.7 Å². The molecule has 2 aromatic heterocycles. The van der Waals surface area contributed by atoms with E-state index in [9.17, 15) is 0 Å². The second kappa shape index (κ2) is 15.3. The van der Waals surface area contributed by atoms with E-state index in [0.29, 0.717) is 0 Å². The molecule has 0 N–H and O–H groups in total. The van der Waals surface area contributed by atoms with Gasteiger partial charge in [-0.1, -0.05) is 182 Å². The van der Waals surface area contributed by atoms with E-state index in [-0.39, 0.29) is 0 Å². The fourth-order valence-electron chi connectivity index (χ4n) is 9.36. The third-order valence-corrected chi connectivity index (χ3v) is 12.3. The van der Waals surface area contributed by atoms with Crippen LogP contribution in [0.3, 0.4) is 0 Å². The van der Waals surface area contributed by atoms with Gasteiger partial charge in [0.1, 0.15) is 22.3 Å². The monoisotopic (exact) mass is 805 g/mol. The van der Waals surface area contributed by atoms with Crippen molar-refractivity contribution in [3.63, 3.8) is 0 Å². The molecule has 0 amide bonds. The number of rotatable bonds is 8. The molecule has 296 valence electrons. The highest BCUT2D eigenvalue weighted by molar-refractivity contribution is 6.10. The number of nitrogens with zero attached hydrogens (tertiary/aromatic N) is 1. The molecular weight excluding hydrogens is 767 g/mol. The average molecular weight is 806 g/mol. The molecule has 0 saturated heterocycles. The minimum Gasteiger partial charge on any atom is -0.456 e. The van der Waals surface area contributed by atoms with Crippen molar-refractivity contribution >= 4 is 60.9 Å². The predicted molar refractivity (Wildman–Crippen MR) is 263 cm³/mol. The highest BCUT2D eigenvalue weighted by Crippen LogP contribution is 2.48. The molecule has 10 aromatic carbocycles. The summed E-state index contributed by atoms with van der Waals surface area (Å²) in [5, 5.41) is 4.38. The summed E-state index contributed by atoms with van der Waals surface area (Å²) in [5.74, 6) is 0. The topological polar surface area (TPSA) is 29.5 Å². The smallest absolute Gasteiger partial charge is 0.143 e. The highest BCUT2D eigenvalue weighted by atomic mass is 16.3. The molecule has 0 fully saturated rings. The zero-order valence-corrected chi connectivity index (χ0v) is 34.3. The number of para-hydroxylation sites is 4. The second-order valence-electron chi connectivity index (χ2n) is 16.0. The number of benzene rings is 10. The predicted octanol–water partition coefficient (Wildman–Crippen LogP) is 17.3. The molecule has 3 heteroatoms. The first-order valence-corrected chi connectivity index (χ1v) is 21.4. The third kappa shape index (κ3) is 6.38. The Morgan fingerprint density at radius 1 is 0.254 bits per heavy atom. The van der Waals surface area contributed by atoms with Gasteiger partial charge in [0.15, 0.2) is 0 Å². The van der Waals surface area contributed by atoms with Crippen molar-refractivity contribution in [2.24, 2.45) is 0 Å². The van der Waals surface area contributed by atoms with Gasteiger partial charge in [0.25, 0.3) is 0 Å². The van der Waals surface area contributed by atoms with Crippen LogP contribution in [0.4, 0.5) is 17.1 Å². The lowest BCUT2D eigenvalue weighted by Crippen LogP contribution is -2.11. The van der Waals surface area contributed by atoms with E-state index >= 15 is 0 Å². The van der Waals surface area contributed by atoms with Crippen LogP contribution in [0.25, 0.3) is 99.5 Å². The Balaban J connectivity index is 1.08. The molecule has 0 atom stereocenters. The zero-order valence-electron chi connectivity index (χ0n) is 34.3. The summed E-state index contributed by atoms with van der Waals surface area (Å²) in [4.78, 5) is 2.40. The van der Waals surface area contributed by atoms with Gasteiger partial charge in [-0.2, -0.15) is 0 Å². The van der Waals surface area contributed by atoms with Gasteiger partial charge in [0.05, 0.1) is 5.69 Å². The van der Waals surface area contributed by atoms with Crippen LogP contribution in [0.15, 0.2) is 245 Å². The van der Waals surface area contributed by atoms with Crippen LogP contribution in [-0.4, -0.2) is 0 Å². The summed E-state index contributed by atoms with van der Waals surface area (Å²) >= 11 is 0. The van der Waals surface area contributed by atoms with Crippen molar-refractivity contribution in [2.75, 3.05) is 4.90 Å². The first-order valence-electron chi connectivity index (χ1n) is 21.4. The largest absolute Gasteiger partial charge is 0.456 e. The van der Waals surface area contributed by atoms with Crippen molar-refractivity contribution < 1.29 is 8.83 Å². The van der Waals surface area contributed by atoms with E-state index in [2.05, 4.69) is 217 Å². The van der Waals surface area contributed by atoms with E-state index in [4.69, 9.17) is 8.83 Å². The standard InChI is InChI=1S/C60H39NO2/c1-3-17-40(18-4-1)42-33-35-46(41-19-5-2-6-20-41)54(38-42)49-24-8-7-23-48(49)50-25-9-12-30-56(50)61(45-34-36-59-55(39-45)52-27-11-13-31-57(52)62-59)44-22-15-21-43(37-44)47-28-16-29-53-51-26-10-14-32-58(51)63-60(47)53/h1-39H. The summed E-state index contributed by atoms with van der Waals surface area (Å²) in [5.41, 5.74) is 18.0. The summed E-state index contributed by atoms with van der Waals surface area (Å²) in [6.45, 7) is 0. The van der Waals surface area contributed by atoms with Crippen molar-refractivity contribution in [2.45, 2.75) is 0 Å². The molecular formula is C60H39NO2. The molecule has 12 rings (SSSR count). The van der Waals surface area contributed by atoms with Crippen LogP contribution in [0.5, 0.6) is 0 Å². The molecule has 0 spiro atoms. The summed E-state index contributed by atoms with van der Waals surface area (Å²) in [7, 11) is 0. The maximum Gasteiger partial charge on any atom is 0.143 e. The van der Waals surface area contributed by atoms with Gasteiger partial charge in [-0.25, -0.2) is 0 Å². The van der Waals surface area contributed by atoms with Gasteiger partial charge >= 0.3 is 0 Å². The fourth-order valence-corrected chi connectivity index (χ4v) is 9.36. The molecule has 3 nitrogen and oxygen atoms in total. The maximum atomic E-state index is 6.57. The SMILES string of the molecule is c1ccc(-c2ccc(-c3ccccc3)c(-c3ccccc3-c3ccccc3N(c3cccc(-c4cccc5c4oc4ccccc45)c3)c3ccc4oc5ccccc5c4c3)c2)cc1. The lowest BCUT2D eigenvalue weighted by Gasteiger charge is -2.29. The molecule has 12 aromatic rings. The maximum absolute atomic E-state index is 6.57. The van der Waals surface area contributed by atoms with Crippen molar-refractivity contribution in [1.29, 1.82) is 0 Å². The molecule has 0 unspecified atom stereocenters. The van der Waals surface area contributed by atoms with Gasteiger partial charge in [-0.05, 0) is 99.1 Å². The Labute approximate surface area is 365 Å². The summed E-state index contributed by atoms with van der Waals surface area (Å²) in [6.07, 6.45) is 0. The van der Waals surface area contributed by atoms with Crippen molar-refractivity contribution in [3.8, 4) is 55.6 Å². The normalized spacial score (nSPS) is 11.5. The Hall–Kier alpha value is -8.40. The Kier molecular flexibility index (Phi) is 8.83. The molecule has 0 aliphatic heterocycles. The lowest BCUT2D eigenvalue weighted by molar-refractivity contribution is 0.669. The van der Waals surface area contributed by atoms with Crippen molar-refractivity contribution in [1.82, 2.24) is 0 Å². The average Bonchev–Trinajstić information content (AvgIpc) is 3.93. The zero-order chi connectivity index (χ0) is 41.7. The highest BCUT2D eigenvalue weighted by Gasteiger charge is 2.23. The van der Waals surface area contributed by atoms with E-state index in [1.165, 1.54) is 27.8 Å². The molecule has 2 heterocycles. The molecule has 0 bridgehead atoms. The summed E-state index contributed by atoms with van der Waals surface area (Å²) in [6, 6.07) is 84.3. The van der Waals surface area contributed by atoms with Crippen molar-refractivity contribution in [3.05, 3.63) is 237 Å². The van der Waals surface area contributed by atoms with Gasteiger partial charge in [-0.15, -0.1) is 0 Å². The third-order valence-electron chi connectivity index (χ3n) is 12.3. The van der Waals surface area contributed by atoms with E-state index < -0.39 is 0 Å². The van der Waals surface area contributed by atoms with Crippen LogP contribution in [0.1, 0.15) is 0 Å². The van der Waals surface area contributed by atoms with Crippen LogP contribution < -0.4 is 4.90 Å². The van der Waals surface area contributed by atoms with Crippen LogP contribution in [0.2, 0.25) is 0 Å². The quantitative estimate of drug-likeness (QED) is 0.153. The van der Waals surface area contributed by atoms with Gasteiger partial charge in [0, 0.05) is 44.0 Å². The summed E-state index contributed by atoms with van der Waals surface area (Å²) < 4.78 is 12.9. The second-order valence-corrected chi connectivity index (χ2v) is 16.0. The number of anilines is 3. The van der Waals surface area contributed by atoms with Gasteiger partial charge in [-0.3, -0.25) is 0 Å². The Bertz CT molecular complexity index is 3640. The minimum atomic E-state index is 0.857. The molecule has 0 aliphatic carbocycles. The Morgan fingerprint density at radius 2 is 0.810 bits per heavy atom. The van der Waals surface area contributed by atoms with Crippen LogP contribution in [0, 0.1) is 0 Å². The number of hydrogen-bond acceptors (Lipinski definition) is 3. The number of furan rings is 2. The Morgan fingerprint density at radius 3 is 1.60 bits per heavy atom. The minimum absolute atomic E-state index is 0.857. The fraction of sp³-hybridized carbons (Fsp3) is 0. The lowest BCUT2D eigenvalue weighted by atomic mass is 9.87. The van der Waals surface area contributed by atoms with Crippen LogP contribution in [-0.2, 0) is 0 Å². The first-order chi connectivity index (χ1) is 31.2. The number of hydrogen-bond donors (Lipinski definition) is 0. The first kappa shape index (κ1) is 36.5. The van der Waals surface area contributed by atoms with Gasteiger partial charge in [0.2, 0.25) is 0 Å². The number of fused-ring (bicyclic) bond motifs is 6. The molecule has 0 aliphatic rings. The van der Waals surface area contributed by atoms with E-state index in [1.54, 1.807) is 0 Å². The van der Waals surface area contributed by atoms with E-state index in [1.807, 2.05) is 24.3 Å².